The van der Waals surface area contributed by atoms with Gasteiger partial charge in [0.15, 0.2) is 0 Å². The number of hydrogen-bond acceptors (Lipinski definition) is 2. The van der Waals surface area contributed by atoms with Gasteiger partial charge >= 0.3 is 0 Å². The van der Waals surface area contributed by atoms with Crippen molar-refractivity contribution in [1.82, 2.24) is 14.5 Å². The summed E-state index contributed by atoms with van der Waals surface area (Å²) in [6.07, 6.45) is 3.55. The van der Waals surface area contributed by atoms with Crippen molar-refractivity contribution < 1.29 is 0 Å². The molecule has 0 saturated heterocycles. The van der Waals surface area contributed by atoms with Gasteiger partial charge in [0.25, 0.3) is 0 Å². The van der Waals surface area contributed by atoms with E-state index in [2.05, 4.69) is 20.6 Å². The van der Waals surface area contributed by atoms with Gasteiger partial charge in [-0.1, -0.05) is 6.07 Å². The second kappa shape index (κ2) is 4.42. The second-order valence-corrected chi connectivity index (χ2v) is 4.45. The fraction of sp³-hybridized carbons (Fsp3) is 0.143. The monoisotopic (exact) mass is 257 g/mol. The molecule has 2 heterocycles. The predicted molar refractivity (Wildman–Crippen MR) is 73.5 cm³/mol. The number of alkyl halides is 1. The second-order valence-electron chi connectivity index (χ2n) is 4.19. The van der Waals surface area contributed by atoms with Gasteiger partial charge in [-0.15, -0.1) is 11.6 Å². The van der Waals surface area contributed by atoms with Gasteiger partial charge in [-0.2, -0.15) is 0 Å². The Hall–Kier alpha value is -1.87. The van der Waals surface area contributed by atoms with Gasteiger partial charge in [0, 0.05) is 30.9 Å². The quantitative estimate of drug-likeness (QED) is 0.659. The Morgan fingerprint density at radius 1 is 1.17 bits per heavy atom. The lowest BCUT2D eigenvalue weighted by atomic mass is 10.2. The van der Waals surface area contributed by atoms with Gasteiger partial charge in [-0.3, -0.25) is 4.98 Å². The zero-order chi connectivity index (χ0) is 12.5. The normalized spacial score (nSPS) is 11.0. The van der Waals surface area contributed by atoms with Crippen LogP contribution in [0.25, 0.3) is 22.4 Å². The van der Waals surface area contributed by atoms with Crippen LogP contribution in [-0.4, -0.2) is 14.5 Å². The molecule has 90 valence electrons. The van der Waals surface area contributed by atoms with Crippen LogP contribution in [0, 0.1) is 0 Å². The summed E-state index contributed by atoms with van der Waals surface area (Å²) >= 11 is 5.87. The first kappa shape index (κ1) is 11.2. The first-order valence-electron chi connectivity index (χ1n) is 5.71. The molecule has 0 aliphatic heterocycles. The summed E-state index contributed by atoms with van der Waals surface area (Å²) in [5.41, 5.74) is 4.25. The number of pyridine rings is 1. The van der Waals surface area contributed by atoms with Crippen molar-refractivity contribution in [3.8, 4) is 11.4 Å². The van der Waals surface area contributed by atoms with Crippen molar-refractivity contribution >= 4 is 22.6 Å². The number of halogens is 1. The average molecular weight is 258 g/mol. The van der Waals surface area contributed by atoms with Crippen LogP contribution in [-0.2, 0) is 12.9 Å². The highest BCUT2D eigenvalue weighted by Crippen LogP contribution is 2.24. The molecule has 2 aromatic heterocycles. The minimum atomic E-state index is 0.520. The highest BCUT2D eigenvalue weighted by Gasteiger charge is 2.09. The average Bonchev–Trinajstić information content (AvgIpc) is 2.77. The lowest BCUT2D eigenvalue weighted by Crippen LogP contribution is -1.92. The Bertz CT molecular complexity index is 689. The molecule has 1 aromatic carbocycles. The third-order valence-electron chi connectivity index (χ3n) is 3.04. The molecule has 18 heavy (non-hydrogen) atoms. The zero-order valence-corrected chi connectivity index (χ0v) is 10.7. The number of aryl methyl sites for hydroxylation is 1. The molecule has 0 bridgehead atoms. The van der Waals surface area contributed by atoms with Crippen LogP contribution in [0.4, 0.5) is 0 Å². The molecule has 0 saturated carbocycles. The highest BCUT2D eigenvalue weighted by atomic mass is 35.5. The maximum atomic E-state index is 5.87. The molecule has 0 atom stereocenters. The predicted octanol–water partition coefficient (Wildman–Crippen LogP) is 3.37. The van der Waals surface area contributed by atoms with E-state index in [-0.39, 0.29) is 0 Å². The summed E-state index contributed by atoms with van der Waals surface area (Å²) in [5, 5.41) is 0. The van der Waals surface area contributed by atoms with E-state index in [1.807, 2.05) is 31.3 Å². The number of aromatic nitrogens is 3. The molecule has 0 aliphatic rings. The van der Waals surface area contributed by atoms with Crippen molar-refractivity contribution in [2.45, 2.75) is 5.88 Å². The molecular weight excluding hydrogens is 246 g/mol. The maximum absolute atomic E-state index is 5.87. The summed E-state index contributed by atoms with van der Waals surface area (Å²) in [6.45, 7) is 0. The fourth-order valence-corrected chi connectivity index (χ4v) is 2.24. The highest BCUT2D eigenvalue weighted by molar-refractivity contribution is 6.17. The number of fused-ring (bicyclic) bond motifs is 1. The van der Waals surface area contributed by atoms with Crippen molar-refractivity contribution in [3.05, 3.63) is 48.3 Å². The number of benzene rings is 1. The SMILES string of the molecule is Cn1c(-c2ccncc2)nc2ccc(CCl)cc21. The largest absolute Gasteiger partial charge is 0.327 e. The number of nitrogens with zero attached hydrogens (tertiary/aromatic N) is 3. The van der Waals surface area contributed by atoms with Gasteiger partial charge in [0.05, 0.1) is 11.0 Å². The van der Waals surface area contributed by atoms with Crippen molar-refractivity contribution in [1.29, 1.82) is 0 Å². The summed E-state index contributed by atoms with van der Waals surface area (Å²) in [6, 6.07) is 10.0. The molecule has 0 spiro atoms. The van der Waals surface area contributed by atoms with Gasteiger partial charge in [0.2, 0.25) is 0 Å². The third-order valence-corrected chi connectivity index (χ3v) is 3.35. The smallest absolute Gasteiger partial charge is 0.140 e. The van der Waals surface area contributed by atoms with Crippen LogP contribution >= 0.6 is 11.6 Å². The van der Waals surface area contributed by atoms with Gasteiger partial charge < -0.3 is 4.57 Å². The zero-order valence-electron chi connectivity index (χ0n) is 9.97. The standard InChI is InChI=1S/C14H12ClN3/c1-18-13-8-10(9-15)2-3-12(13)17-14(18)11-4-6-16-7-5-11/h2-8H,9H2,1H3. The van der Waals surface area contributed by atoms with Gasteiger partial charge in [0.1, 0.15) is 5.82 Å². The molecule has 3 aromatic rings. The van der Waals surface area contributed by atoms with Gasteiger partial charge in [-0.25, -0.2) is 4.98 Å². The Morgan fingerprint density at radius 3 is 2.67 bits per heavy atom. The van der Waals surface area contributed by atoms with Crippen molar-refractivity contribution in [2.24, 2.45) is 7.05 Å². The molecule has 0 unspecified atom stereocenters. The van der Waals surface area contributed by atoms with Crippen molar-refractivity contribution in [3.63, 3.8) is 0 Å². The van der Waals surface area contributed by atoms with Crippen LogP contribution in [0.2, 0.25) is 0 Å². The van der Waals surface area contributed by atoms with E-state index in [9.17, 15) is 0 Å². The first-order valence-corrected chi connectivity index (χ1v) is 6.25. The van der Waals surface area contributed by atoms with E-state index in [4.69, 9.17) is 11.6 Å². The number of imidazole rings is 1. The fourth-order valence-electron chi connectivity index (χ4n) is 2.08. The molecule has 3 nitrogen and oxygen atoms in total. The number of hydrogen-bond donors (Lipinski definition) is 0. The Labute approximate surface area is 110 Å². The maximum Gasteiger partial charge on any atom is 0.140 e. The van der Waals surface area contributed by atoms with E-state index >= 15 is 0 Å². The summed E-state index contributed by atoms with van der Waals surface area (Å²) in [4.78, 5) is 8.68. The van der Waals surface area contributed by atoms with E-state index < -0.39 is 0 Å². The summed E-state index contributed by atoms with van der Waals surface area (Å²) < 4.78 is 2.08. The minimum Gasteiger partial charge on any atom is -0.327 e. The molecule has 0 amide bonds. The van der Waals surface area contributed by atoms with Crippen molar-refractivity contribution in [2.75, 3.05) is 0 Å². The van der Waals surface area contributed by atoms with E-state index in [1.165, 1.54) is 0 Å². The third kappa shape index (κ3) is 1.77. The molecule has 4 heteroatoms. The van der Waals surface area contributed by atoms with Crippen LogP contribution in [0.5, 0.6) is 0 Å². The first-order chi connectivity index (χ1) is 8.79. The van der Waals surface area contributed by atoms with Crippen LogP contribution in [0.1, 0.15) is 5.56 Å². The molecule has 0 fully saturated rings. The lowest BCUT2D eigenvalue weighted by molar-refractivity contribution is 0.958. The molecular formula is C14H12ClN3. The van der Waals surface area contributed by atoms with Crippen LogP contribution in [0.3, 0.4) is 0 Å². The van der Waals surface area contributed by atoms with Gasteiger partial charge in [-0.05, 0) is 29.8 Å². The number of rotatable bonds is 2. The van der Waals surface area contributed by atoms with Crippen LogP contribution in [0.15, 0.2) is 42.7 Å². The Kier molecular flexibility index (Phi) is 2.76. The van der Waals surface area contributed by atoms with E-state index in [1.54, 1.807) is 12.4 Å². The Morgan fingerprint density at radius 2 is 1.94 bits per heavy atom. The minimum absolute atomic E-state index is 0.520. The van der Waals surface area contributed by atoms with Crippen LogP contribution < -0.4 is 0 Å². The summed E-state index contributed by atoms with van der Waals surface area (Å²) in [5.74, 6) is 1.46. The molecule has 0 radical (unpaired) electrons. The lowest BCUT2D eigenvalue weighted by Gasteiger charge is -2.02. The summed E-state index contributed by atoms with van der Waals surface area (Å²) in [7, 11) is 2.02. The molecule has 3 rings (SSSR count). The Balaban J connectivity index is 2.23. The van der Waals surface area contributed by atoms with E-state index in [0.717, 1.165) is 28.0 Å². The molecule has 0 N–H and O–H groups in total. The van der Waals surface area contributed by atoms with E-state index in [0.29, 0.717) is 5.88 Å². The topological polar surface area (TPSA) is 30.7 Å². The molecule has 0 aliphatic carbocycles.